The van der Waals surface area contributed by atoms with E-state index in [4.69, 9.17) is 0 Å². The molecule has 2 aromatic rings. The van der Waals surface area contributed by atoms with Gasteiger partial charge in [-0.3, -0.25) is 9.59 Å². The second-order valence-corrected chi connectivity index (χ2v) is 5.88. The molecule has 4 nitrogen and oxygen atoms in total. The molecule has 0 aromatic heterocycles. The lowest BCUT2D eigenvalue weighted by Gasteiger charge is -2.17. The zero-order valence-corrected chi connectivity index (χ0v) is 13.5. The predicted molar refractivity (Wildman–Crippen MR) is 91.3 cm³/mol. The Morgan fingerprint density at radius 2 is 1.92 bits per heavy atom. The normalized spacial score (nSPS) is 17.2. The Morgan fingerprint density at radius 3 is 2.62 bits per heavy atom. The van der Waals surface area contributed by atoms with Gasteiger partial charge in [0.2, 0.25) is 11.8 Å². The molecule has 1 fully saturated rings. The smallest absolute Gasteiger partial charge is 0.229 e. The molecule has 1 heterocycles. The van der Waals surface area contributed by atoms with Gasteiger partial charge in [0.25, 0.3) is 0 Å². The monoisotopic (exact) mass is 326 g/mol. The number of benzene rings is 2. The minimum absolute atomic E-state index is 0.120. The number of rotatable bonds is 4. The number of anilines is 2. The molecule has 0 unspecified atom stereocenters. The van der Waals surface area contributed by atoms with Crippen molar-refractivity contribution in [3.63, 3.8) is 0 Å². The van der Waals surface area contributed by atoms with Gasteiger partial charge in [0.05, 0.1) is 5.92 Å². The Bertz CT molecular complexity index is 758. The van der Waals surface area contributed by atoms with Crippen LogP contribution in [0.15, 0.2) is 48.5 Å². The first-order chi connectivity index (χ1) is 11.6. The zero-order chi connectivity index (χ0) is 17.1. The fraction of sp³-hybridized carbons (Fsp3) is 0.263. The van der Waals surface area contributed by atoms with Gasteiger partial charge >= 0.3 is 0 Å². The number of nitrogens with one attached hydrogen (secondary N) is 1. The molecule has 0 radical (unpaired) electrons. The number of halogens is 1. The molecule has 0 aliphatic carbocycles. The molecule has 2 aromatic carbocycles. The van der Waals surface area contributed by atoms with Crippen LogP contribution in [0.4, 0.5) is 15.8 Å². The summed E-state index contributed by atoms with van der Waals surface area (Å²) in [6, 6.07) is 13.4. The summed E-state index contributed by atoms with van der Waals surface area (Å²) in [5.41, 5.74) is 2.47. The van der Waals surface area contributed by atoms with E-state index in [2.05, 4.69) is 5.32 Å². The molecular formula is C19H19FN2O2. The maximum absolute atomic E-state index is 13.0. The molecule has 0 bridgehead atoms. The van der Waals surface area contributed by atoms with Crippen LogP contribution in [0.2, 0.25) is 0 Å². The van der Waals surface area contributed by atoms with Crippen molar-refractivity contribution in [2.45, 2.75) is 19.8 Å². The molecule has 0 saturated carbocycles. The summed E-state index contributed by atoms with van der Waals surface area (Å²) >= 11 is 0. The maximum atomic E-state index is 13.0. The number of hydrogen-bond acceptors (Lipinski definition) is 2. The van der Waals surface area contributed by atoms with Gasteiger partial charge in [0.15, 0.2) is 0 Å². The third kappa shape index (κ3) is 3.30. The van der Waals surface area contributed by atoms with Crippen molar-refractivity contribution >= 4 is 23.2 Å². The van der Waals surface area contributed by atoms with E-state index in [0.717, 1.165) is 17.7 Å². The van der Waals surface area contributed by atoms with Crippen molar-refractivity contribution in [3.8, 4) is 0 Å². The summed E-state index contributed by atoms with van der Waals surface area (Å²) in [4.78, 5) is 26.2. The third-order valence-electron chi connectivity index (χ3n) is 4.29. The highest BCUT2D eigenvalue weighted by Crippen LogP contribution is 2.26. The van der Waals surface area contributed by atoms with Gasteiger partial charge < -0.3 is 10.2 Å². The molecule has 124 valence electrons. The van der Waals surface area contributed by atoms with Crippen molar-refractivity contribution in [3.05, 3.63) is 59.9 Å². The van der Waals surface area contributed by atoms with E-state index >= 15 is 0 Å². The molecule has 2 amide bonds. The summed E-state index contributed by atoms with van der Waals surface area (Å²) in [6.07, 6.45) is 0.985. The topological polar surface area (TPSA) is 49.4 Å². The van der Waals surface area contributed by atoms with Gasteiger partial charge in [-0.05, 0) is 42.3 Å². The Hall–Kier alpha value is -2.69. The average Bonchev–Trinajstić information content (AvgIpc) is 2.98. The van der Waals surface area contributed by atoms with E-state index in [1.165, 1.54) is 17.0 Å². The first-order valence-electron chi connectivity index (χ1n) is 8.03. The van der Waals surface area contributed by atoms with Crippen molar-refractivity contribution in [1.82, 2.24) is 0 Å². The highest BCUT2D eigenvalue weighted by Gasteiger charge is 2.35. The van der Waals surface area contributed by atoms with Crippen LogP contribution in [0.5, 0.6) is 0 Å². The lowest BCUT2D eigenvalue weighted by molar-refractivity contribution is -0.122. The van der Waals surface area contributed by atoms with Gasteiger partial charge in [-0.25, -0.2) is 4.39 Å². The summed E-state index contributed by atoms with van der Waals surface area (Å²) in [6.45, 7) is 2.34. The lowest BCUT2D eigenvalue weighted by atomic mass is 10.1. The SMILES string of the molecule is CCc1ccccc1NC(=O)[C@@H]1CC(=O)N(c2ccc(F)cc2)C1. The van der Waals surface area contributed by atoms with Crippen LogP contribution < -0.4 is 10.2 Å². The Balaban J connectivity index is 1.71. The quantitative estimate of drug-likeness (QED) is 0.936. The van der Waals surface area contributed by atoms with Gasteiger partial charge in [0.1, 0.15) is 5.82 Å². The molecule has 5 heteroatoms. The molecule has 3 rings (SSSR count). The fourth-order valence-corrected chi connectivity index (χ4v) is 2.94. The first-order valence-corrected chi connectivity index (χ1v) is 8.03. The fourth-order valence-electron chi connectivity index (χ4n) is 2.94. The van der Waals surface area contributed by atoms with Crippen molar-refractivity contribution in [2.24, 2.45) is 5.92 Å². The summed E-state index contributed by atoms with van der Waals surface area (Å²) in [5, 5.41) is 2.93. The number of carbonyl (C=O) groups excluding carboxylic acids is 2. The summed E-state index contributed by atoms with van der Waals surface area (Å²) in [7, 11) is 0. The largest absolute Gasteiger partial charge is 0.326 e. The Morgan fingerprint density at radius 1 is 1.21 bits per heavy atom. The van der Waals surface area contributed by atoms with E-state index < -0.39 is 5.92 Å². The Kier molecular flexibility index (Phi) is 4.60. The lowest BCUT2D eigenvalue weighted by Crippen LogP contribution is -2.28. The first kappa shape index (κ1) is 16.2. The van der Waals surface area contributed by atoms with Crippen LogP contribution in [0.25, 0.3) is 0 Å². The van der Waals surface area contributed by atoms with Crippen LogP contribution in [0.1, 0.15) is 18.9 Å². The number of amides is 2. The number of nitrogens with zero attached hydrogens (tertiary/aromatic N) is 1. The van der Waals surface area contributed by atoms with E-state index in [-0.39, 0.29) is 24.1 Å². The molecule has 0 spiro atoms. The van der Waals surface area contributed by atoms with Gasteiger partial charge in [-0.2, -0.15) is 0 Å². The van der Waals surface area contributed by atoms with E-state index in [1.807, 2.05) is 31.2 Å². The molecule has 1 N–H and O–H groups in total. The highest BCUT2D eigenvalue weighted by molar-refractivity contribution is 6.03. The molecular weight excluding hydrogens is 307 g/mol. The van der Waals surface area contributed by atoms with Crippen LogP contribution in [0, 0.1) is 11.7 Å². The van der Waals surface area contributed by atoms with Crippen LogP contribution in [-0.2, 0) is 16.0 Å². The molecule has 24 heavy (non-hydrogen) atoms. The Labute approximate surface area is 140 Å². The van der Waals surface area contributed by atoms with Crippen molar-refractivity contribution in [1.29, 1.82) is 0 Å². The summed E-state index contributed by atoms with van der Waals surface area (Å²) in [5.74, 6) is -1.04. The minimum atomic E-state index is -0.410. The van der Waals surface area contributed by atoms with E-state index in [1.54, 1.807) is 12.1 Å². The molecule has 1 aliphatic heterocycles. The van der Waals surface area contributed by atoms with Crippen molar-refractivity contribution < 1.29 is 14.0 Å². The second kappa shape index (κ2) is 6.83. The average molecular weight is 326 g/mol. The number of para-hydroxylation sites is 1. The summed E-state index contributed by atoms with van der Waals surface area (Å²) < 4.78 is 13.0. The molecule has 1 saturated heterocycles. The maximum Gasteiger partial charge on any atom is 0.229 e. The highest BCUT2D eigenvalue weighted by atomic mass is 19.1. The van der Waals surface area contributed by atoms with Gasteiger partial charge in [-0.15, -0.1) is 0 Å². The van der Waals surface area contributed by atoms with Crippen LogP contribution >= 0.6 is 0 Å². The number of aryl methyl sites for hydroxylation is 1. The minimum Gasteiger partial charge on any atom is -0.326 e. The zero-order valence-electron chi connectivity index (χ0n) is 13.5. The molecule has 1 atom stereocenters. The molecule has 1 aliphatic rings. The van der Waals surface area contributed by atoms with Crippen molar-refractivity contribution in [2.75, 3.05) is 16.8 Å². The number of carbonyl (C=O) groups is 2. The van der Waals surface area contributed by atoms with E-state index in [9.17, 15) is 14.0 Å². The van der Waals surface area contributed by atoms with Crippen LogP contribution in [-0.4, -0.2) is 18.4 Å². The van der Waals surface area contributed by atoms with E-state index in [0.29, 0.717) is 12.2 Å². The van der Waals surface area contributed by atoms with Gasteiger partial charge in [-0.1, -0.05) is 25.1 Å². The third-order valence-corrected chi connectivity index (χ3v) is 4.29. The predicted octanol–water partition coefficient (Wildman–Crippen LogP) is 3.38. The second-order valence-electron chi connectivity index (χ2n) is 5.88. The van der Waals surface area contributed by atoms with Gasteiger partial charge in [0, 0.05) is 24.3 Å². The van der Waals surface area contributed by atoms with Crippen LogP contribution in [0.3, 0.4) is 0 Å². The number of hydrogen-bond donors (Lipinski definition) is 1. The standard InChI is InChI=1S/C19H19FN2O2/c1-2-13-5-3-4-6-17(13)21-19(24)14-11-18(23)22(12-14)16-9-7-15(20)8-10-16/h3-10,14H,2,11-12H2,1H3,(H,21,24)/t14-/m1/s1.